The third-order valence-electron chi connectivity index (χ3n) is 4.73. The Hall–Kier alpha value is -3.33. The molecular weight excluding hydrogens is 421 g/mol. The summed E-state index contributed by atoms with van der Waals surface area (Å²) in [6.07, 6.45) is -0.235. The number of halogens is 4. The van der Waals surface area contributed by atoms with Gasteiger partial charge in [-0.25, -0.2) is 17.9 Å². The van der Waals surface area contributed by atoms with Gasteiger partial charge in [-0.1, -0.05) is 23.7 Å². The zero-order valence-electron chi connectivity index (χ0n) is 15.5. The molecule has 2 heterocycles. The van der Waals surface area contributed by atoms with Gasteiger partial charge >= 0.3 is 0 Å². The van der Waals surface area contributed by atoms with E-state index in [0.717, 1.165) is 0 Å². The molecule has 0 fully saturated rings. The summed E-state index contributed by atoms with van der Waals surface area (Å²) in [7, 11) is 0. The molecule has 30 heavy (non-hydrogen) atoms. The Morgan fingerprint density at radius 2 is 1.93 bits per heavy atom. The number of carbonyl (C=O) groups excluding carboxylic acids is 2. The van der Waals surface area contributed by atoms with Crippen molar-refractivity contribution < 1.29 is 22.8 Å². The molecule has 0 saturated heterocycles. The average Bonchev–Trinajstić information content (AvgIpc) is 3.02. The van der Waals surface area contributed by atoms with Crippen LogP contribution in [0.3, 0.4) is 0 Å². The number of benzene rings is 2. The van der Waals surface area contributed by atoms with Gasteiger partial charge in [0.15, 0.2) is 17.5 Å². The number of aromatic nitrogens is 2. The molecule has 1 aliphatic rings. The molecule has 1 unspecified atom stereocenters. The molecule has 1 atom stereocenters. The number of amides is 2. The van der Waals surface area contributed by atoms with Crippen LogP contribution in [0.1, 0.15) is 18.0 Å². The van der Waals surface area contributed by atoms with Gasteiger partial charge in [-0.2, -0.15) is 5.10 Å². The van der Waals surface area contributed by atoms with E-state index in [9.17, 15) is 22.8 Å². The van der Waals surface area contributed by atoms with Crippen LogP contribution in [0.5, 0.6) is 0 Å². The number of carbonyl (C=O) groups is 2. The molecule has 0 saturated carbocycles. The smallest absolute Gasteiger partial charge is 0.249 e. The summed E-state index contributed by atoms with van der Waals surface area (Å²) in [6, 6.07) is 7.18. The van der Waals surface area contributed by atoms with Crippen molar-refractivity contribution in [1.29, 1.82) is 0 Å². The molecular formula is C20H14ClF3N4O2. The van der Waals surface area contributed by atoms with Gasteiger partial charge in [-0.3, -0.25) is 9.59 Å². The Kier molecular flexibility index (Phi) is 4.98. The molecule has 1 aromatic heterocycles. The molecule has 2 amide bonds. The van der Waals surface area contributed by atoms with Crippen LogP contribution in [-0.2, 0) is 9.59 Å². The van der Waals surface area contributed by atoms with Crippen molar-refractivity contribution in [1.82, 2.24) is 9.78 Å². The van der Waals surface area contributed by atoms with Crippen molar-refractivity contribution in [3.63, 3.8) is 0 Å². The zero-order chi connectivity index (χ0) is 21.6. The summed E-state index contributed by atoms with van der Waals surface area (Å²) < 4.78 is 41.4. The fourth-order valence-electron chi connectivity index (χ4n) is 3.31. The van der Waals surface area contributed by atoms with Gasteiger partial charge in [-0.15, -0.1) is 0 Å². The van der Waals surface area contributed by atoms with E-state index in [2.05, 4.69) is 15.7 Å². The maximum Gasteiger partial charge on any atom is 0.249 e. The predicted octanol–water partition coefficient (Wildman–Crippen LogP) is 4.45. The first kappa shape index (κ1) is 20.0. The highest BCUT2D eigenvalue weighted by molar-refractivity contribution is 6.30. The maximum atomic E-state index is 13.5. The zero-order valence-corrected chi connectivity index (χ0v) is 16.2. The summed E-state index contributed by atoms with van der Waals surface area (Å²) in [6.45, 7) is 1.74. The second-order valence-corrected chi connectivity index (χ2v) is 7.22. The van der Waals surface area contributed by atoms with E-state index in [1.54, 1.807) is 31.2 Å². The summed E-state index contributed by atoms with van der Waals surface area (Å²) in [4.78, 5) is 25.0. The number of rotatable bonds is 3. The van der Waals surface area contributed by atoms with E-state index in [-0.39, 0.29) is 12.1 Å². The van der Waals surface area contributed by atoms with Crippen molar-refractivity contribution in [2.45, 2.75) is 19.4 Å². The van der Waals surface area contributed by atoms with Gasteiger partial charge < -0.3 is 10.6 Å². The minimum absolute atomic E-state index is 0.235. The molecule has 4 rings (SSSR count). The van der Waals surface area contributed by atoms with Crippen molar-refractivity contribution in [3.05, 3.63) is 64.4 Å². The molecule has 2 aromatic carbocycles. The van der Waals surface area contributed by atoms with Gasteiger partial charge in [0.1, 0.15) is 11.9 Å². The lowest BCUT2D eigenvalue weighted by Crippen LogP contribution is -2.36. The second-order valence-electron chi connectivity index (χ2n) is 6.79. The minimum atomic E-state index is -1.64. The summed E-state index contributed by atoms with van der Waals surface area (Å²) in [5.74, 6) is -5.33. The van der Waals surface area contributed by atoms with Gasteiger partial charge in [0.2, 0.25) is 11.8 Å². The van der Waals surface area contributed by atoms with Crippen LogP contribution in [0.2, 0.25) is 5.02 Å². The van der Waals surface area contributed by atoms with Crippen molar-refractivity contribution in [3.8, 4) is 11.3 Å². The normalized spacial score (nSPS) is 15.5. The van der Waals surface area contributed by atoms with Crippen LogP contribution in [-0.4, -0.2) is 21.6 Å². The first-order valence-corrected chi connectivity index (χ1v) is 9.22. The molecule has 2 N–H and O–H groups in total. The SMILES string of the molecule is Cc1c(-c2cccc(Cl)c2)nn2c1NC(=O)CC2C(=O)Nc1cc(F)c(F)c(F)c1. The standard InChI is InChI=1S/C20H14ClF3N4O2/c1-9-18(10-3-2-4-11(21)5-10)27-28-15(8-16(29)26-19(9)28)20(30)25-12-6-13(22)17(24)14(23)7-12/h2-7,15H,8H2,1H3,(H,25,30)(H,26,29). The highest BCUT2D eigenvalue weighted by Gasteiger charge is 2.34. The van der Waals surface area contributed by atoms with Crippen LogP contribution in [0, 0.1) is 24.4 Å². The van der Waals surface area contributed by atoms with E-state index >= 15 is 0 Å². The van der Waals surface area contributed by atoms with E-state index in [0.29, 0.717) is 39.8 Å². The summed E-state index contributed by atoms with van der Waals surface area (Å²) in [5, 5.41) is 9.96. The Morgan fingerprint density at radius 1 is 1.23 bits per heavy atom. The number of hydrogen-bond acceptors (Lipinski definition) is 3. The molecule has 1 aliphatic heterocycles. The molecule has 0 aliphatic carbocycles. The molecule has 0 bridgehead atoms. The Morgan fingerprint density at radius 3 is 2.60 bits per heavy atom. The van der Waals surface area contributed by atoms with Gasteiger partial charge in [0, 0.05) is 34.0 Å². The average molecular weight is 435 g/mol. The van der Waals surface area contributed by atoms with Gasteiger partial charge in [0.05, 0.1) is 12.1 Å². The third kappa shape index (κ3) is 3.52. The van der Waals surface area contributed by atoms with Crippen LogP contribution in [0.4, 0.5) is 24.7 Å². The lowest BCUT2D eigenvalue weighted by atomic mass is 10.1. The van der Waals surface area contributed by atoms with Crippen LogP contribution >= 0.6 is 11.6 Å². The largest absolute Gasteiger partial charge is 0.324 e. The summed E-state index contributed by atoms with van der Waals surface area (Å²) >= 11 is 6.05. The fraction of sp³-hybridized carbons (Fsp3) is 0.150. The number of fused-ring (bicyclic) bond motifs is 1. The highest BCUT2D eigenvalue weighted by atomic mass is 35.5. The number of anilines is 2. The van der Waals surface area contributed by atoms with Crippen molar-refractivity contribution in [2.24, 2.45) is 0 Å². The van der Waals surface area contributed by atoms with Gasteiger partial charge in [0.25, 0.3) is 0 Å². The third-order valence-corrected chi connectivity index (χ3v) is 4.97. The topological polar surface area (TPSA) is 76.0 Å². The minimum Gasteiger partial charge on any atom is -0.324 e. The molecule has 0 radical (unpaired) electrons. The van der Waals surface area contributed by atoms with E-state index in [1.807, 2.05) is 0 Å². The first-order chi connectivity index (χ1) is 14.2. The number of nitrogens with one attached hydrogen (secondary N) is 2. The number of hydrogen-bond donors (Lipinski definition) is 2. The Balaban J connectivity index is 1.70. The van der Waals surface area contributed by atoms with Crippen molar-refractivity contribution in [2.75, 3.05) is 10.6 Å². The fourth-order valence-corrected chi connectivity index (χ4v) is 3.50. The molecule has 10 heteroatoms. The van der Waals surface area contributed by atoms with E-state index in [4.69, 9.17) is 11.6 Å². The van der Waals surface area contributed by atoms with Crippen LogP contribution in [0.15, 0.2) is 36.4 Å². The highest BCUT2D eigenvalue weighted by Crippen LogP contribution is 2.35. The lowest BCUT2D eigenvalue weighted by Gasteiger charge is -2.24. The second kappa shape index (κ2) is 7.49. The van der Waals surface area contributed by atoms with E-state index in [1.165, 1.54) is 4.68 Å². The molecule has 154 valence electrons. The predicted molar refractivity (Wildman–Crippen MR) is 105 cm³/mol. The number of nitrogens with zero attached hydrogens (tertiary/aromatic N) is 2. The maximum absolute atomic E-state index is 13.5. The lowest BCUT2D eigenvalue weighted by molar-refractivity contribution is -0.125. The summed E-state index contributed by atoms with van der Waals surface area (Å²) in [5.41, 5.74) is 1.56. The first-order valence-electron chi connectivity index (χ1n) is 8.85. The van der Waals surface area contributed by atoms with E-state index < -0.39 is 35.3 Å². The Labute approximate surface area is 173 Å². The van der Waals surface area contributed by atoms with Gasteiger partial charge in [-0.05, 0) is 19.1 Å². The molecule has 3 aromatic rings. The quantitative estimate of drug-likeness (QED) is 0.598. The van der Waals surface area contributed by atoms with Crippen LogP contribution in [0.25, 0.3) is 11.3 Å². The monoisotopic (exact) mass is 434 g/mol. The van der Waals surface area contributed by atoms with Crippen LogP contribution < -0.4 is 10.6 Å². The Bertz CT molecular complexity index is 1170. The molecule has 0 spiro atoms. The van der Waals surface area contributed by atoms with Crippen molar-refractivity contribution >= 4 is 34.9 Å². The molecule has 6 nitrogen and oxygen atoms in total.